The van der Waals surface area contributed by atoms with E-state index in [1.807, 2.05) is 6.92 Å². The first-order chi connectivity index (χ1) is 8.10. The molecule has 0 radical (unpaired) electrons. The molecule has 0 aromatic carbocycles. The highest BCUT2D eigenvalue weighted by Crippen LogP contribution is 2.14. The van der Waals surface area contributed by atoms with Gasteiger partial charge in [-0.1, -0.05) is 17.5 Å². The predicted molar refractivity (Wildman–Crippen MR) is 67.3 cm³/mol. The van der Waals surface area contributed by atoms with Gasteiger partial charge in [-0.3, -0.25) is 4.79 Å². The zero-order valence-electron chi connectivity index (χ0n) is 9.74. The van der Waals surface area contributed by atoms with E-state index in [9.17, 15) is 4.79 Å². The lowest BCUT2D eigenvalue weighted by Crippen LogP contribution is -2.28. The van der Waals surface area contributed by atoms with Crippen LogP contribution in [-0.2, 0) is 11.3 Å². The number of aromatic nitrogens is 2. The fraction of sp³-hybridized carbons (Fsp3) is 0.455. The summed E-state index contributed by atoms with van der Waals surface area (Å²) in [6, 6.07) is 0. The van der Waals surface area contributed by atoms with Crippen LogP contribution >= 0.6 is 11.6 Å². The Labute approximate surface area is 105 Å². The number of halogens is 1. The van der Waals surface area contributed by atoms with Crippen molar-refractivity contribution < 1.29 is 4.74 Å². The van der Waals surface area contributed by atoms with E-state index in [1.54, 1.807) is 7.11 Å². The van der Waals surface area contributed by atoms with Crippen molar-refractivity contribution in [3.8, 4) is 12.3 Å². The van der Waals surface area contributed by atoms with Crippen molar-refractivity contribution in [2.24, 2.45) is 0 Å². The highest BCUT2D eigenvalue weighted by molar-refractivity contribution is 6.32. The maximum absolute atomic E-state index is 11.9. The molecule has 1 atom stereocenters. The Morgan fingerprint density at radius 3 is 3.06 bits per heavy atom. The Kier molecular flexibility index (Phi) is 5.01. The molecule has 0 aliphatic rings. The van der Waals surface area contributed by atoms with Crippen LogP contribution in [0.1, 0.15) is 6.92 Å². The van der Waals surface area contributed by atoms with Gasteiger partial charge in [0.2, 0.25) is 0 Å². The van der Waals surface area contributed by atoms with Gasteiger partial charge in [-0.05, 0) is 6.92 Å². The van der Waals surface area contributed by atoms with E-state index in [0.717, 1.165) is 0 Å². The summed E-state index contributed by atoms with van der Waals surface area (Å²) in [5.74, 6) is 2.35. The second kappa shape index (κ2) is 6.28. The molecule has 1 N–H and O–H groups in total. The van der Waals surface area contributed by atoms with Crippen LogP contribution in [0.2, 0.25) is 5.02 Å². The molecular formula is C11H14ClN3O2. The Balaban J connectivity index is 2.94. The summed E-state index contributed by atoms with van der Waals surface area (Å²) in [6.45, 7) is 2.47. The van der Waals surface area contributed by atoms with Crippen LogP contribution in [0.4, 0.5) is 5.69 Å². The van der Waals surface area contributed by atoms with Gasteiger partial charge >= 0.3 is 0 Å². The van der Waals surface area contributed by atoms with Crippen molar-refractivity contribution in [1.29, 1.82) is 0 Å². The third kappa shape index (κ3) is 3.48. The zero-order valence-corrected chi connectivity index (χ0v) is 10.5. The Hall–Kier alpha value is -1.51. The van der Waals surface area contributed by atoms with Crippen molar-refractivity contribution in [2.75, 3.05) is 19.0 Å². The number of anilines is 1. The molecule has 1 rings (SSSR count). The number of nitrogens with one attached hydrogen (secondary N) is 1. The van der Waals surface area contributed by atoms with Crippen molar-refractivity contribution >= 4 is 17.3 Å². The fourth-order valence-electron chi connectivity index (χ4n) is 1.16. The molecule has 0 bridgehead atoms. The molecule has 92 valence electrons. The highest BCUT2D eigenvalue weighted by atomic mass is 35.5. The van der Waals surface area contributed by atoms with Gasteiger partial charge in [-0.25, -0.2) is 4.68 Å². The average molecular weight is 256 g/mol. The lowest BCUT2D eigenvalue weighted by molar-refractivity contribution is 0.129. The Bertz CT molecular complexity index is 479. The number of methoxy groups -OCH3 is 1. The molecular weight excluding hydrogens is 242 g/mol. The molecule has 0 amide bonds. The lowest BCUT2D eigenvalue weighted by Gasteiger charge is -2.13. The van der Waals surface area contributed by atoms with E-state index in [0.29, 0.717) is 12.2 Å². The molecule has 1 aromatic rings. The maximum Gasteiger partial charge on any atom is 0.292 e. The Morgan fingerprint density at radius 1 is 1.76 bits per heavy atom. The number of nitrogens with zero attached hydrogens (tertiary/aromatic N) is 2. The number of ether oxygens (including phenoxy) is 1. The molecule has 1 unspecified atom stereocenters. The highest BCUT2D eigenvalue weighted by Gasteiger charge is 2.10. The van der Waals surface area contributed by atoms with Gasteiger partial charge < -0.3 is 10.1 Å². The first-order valence-electron chi connectivity index (χ1n) is 5.06. The minimum atomic E-state index is -0.334. The summed E-state index contributed by atoms with van der Waals surface area (Å²) in [7, 11) is 1.59. The number of hydrogen-bond acceptors (Lipinski definition) is 4. The average Bonchev–Trinajstić information content (AvgIpc) is 2.32. The normalized spacial score (nSPS) is 11.9. The molecule has 1 heterocycles. The van der Waals surface area contributed by atoms with Crippen LogP contribution in [0, 0.1) is 12.3 Å². The van der Waals surface area contributed by atoms with Gasteiger partial charge in [0, 0.05) is 13.7 Å². The number of terminal acetylenes is 1. The summed E-state index contributed by atoms with van der Waals surface area (Å²) in [5, 5.41) is 7.04. The minimum Gasteiger partial charge on any atom is -0.380 e. The number of rotatable bonds is 5. The number of hydrogen-bond donors (Lipinski definition) is 1. The summed E-state index contributed by atoms with van der Waals surface area (Å²) in [5.41, 5.74) is -0.0421. The van der Waals surface area contributed by atoms with E-state index in [-0.39, 0.29) is 23.2 Å². The van der Waals surface area contributed by atoms with Crippen LogP contribution < -0.4 is 10.9 Å². The van der Waals surface area contributed by atoms with Crippen molar-refractivity contribution in [3.63, 3.8) is 0 Å². The topological polar surface area (TPSA) is 56.1 Å². The van der Waals surface area contributed by atoms with Crippen LogP contribution in [0.15, 0.2) is 11.0 Å². The van der Waals surface area contributed by atoms with E-state index >= 15 is 0 Å². The smallest absolute Gasteiger partial charge is 0.292 e. The van der Waals surface area contributed by atoms with E-state index < -0.39 is 0 Å². The standard InChI is InChI=1S/C11H14ClN3O2/c1-4-5-15-11(16)10(9(12)7-14-15)13-6-8(2)17-3/h1,7-8,13H,5-6H2,2-3H3. The summed E-state index contributed by atoms with van der Waals surface area (Å²) >= 11 is 5.90. The van der Waals surface area contributed by atoms with E-state index in [2.05, 4.69) is 16.3 Å². The molecule has 1 aromatic heterocycles. The van der Waals surface area contributed by atoms with E-state index in [1.165, 1.54) is 10.9 Å². The lowest BCUT2D eigenvalue weighted by atomic mass is 10.3. The van der Waals surface area contributed by atoms with Crippen molar-refractivity contribution in [3.05, 3.63) is 21.6 Å². The fourth-order valence-corrected chi connectivity index (χ4v) is 1.35. The summed E-state index contributed by atoms with van der Waals surface area (Å²) < 4.78 is 6.24. The van der Waals surface area contributed by atoms with E-state index in [4.69, 9.17) is 22.8 Å². The third-order valence-electron chi connectivity index (χ3n) is 2.21. The predicted octanol–water partition coefficient (Wildman–Crippen LogP) is 0.977. The summed E-state index contributed by atoms with van der Waals surface area (Å²) in [4.78, 5) is 11.9. The monoisotopic (exact) mass is 255 g/mol. The molecule has 6 heteroatoms. The molecule has 0 fully saturated rings. The van der Waals surface area contributed by atoms with Gasteiger partial charge in [0.25, 0.3) is 5.56 Å². The first-order valence-corrected chi connectivity index (χ1v) is 5.43. The van der Waals surface area contributed by atoms with Crippen LogP contribution in [0.5, 0.6) is 0 Å². The van der Waals surface area contributed by atoms with Crippen LogP contribution in [0.3, 0.4) is 0 Å². The zero-order chi connectivity index (χ0) is 12.8. The largest absolute Gasteiger partial charge is 0.380 e. The van der Waals surface area contributed by atoms with Crippen molar-refractivity contribution in [2.45, 2.75) is 19.6 Å². The molecule has 0 aliphatic carbocycles. The van der Waals surface area contributed by atoms with Gasteiger partial charge in [0.05, 0.1) is 17.3 Å². The Morgan fingerprint density at radius 2 is 2.47 bits per heavy atom. The SMILES string of the molecule is C#CCn1ncc(Cl)c(NCC(C)OC)c1=O. The molecule has 0 spiro atoms. The molecule has 17 heavy (non-hydrogen) atoms. The van der Waals surface area contributed by atoms with Gasteiger partial charge in [-0.15, -0.1) is 6.42 Å². The minimum absolute atomic E-state index is 0.0280. The molecule has 0 aliphatic heterocycles. The quantitative estimate of drug-likeness (QED) is 0.797. The molecule has 0 saturated carbocycles. The van der Waals surface area contributed by atoms with Gasteiger partial charge in [-0.2, -0.15) is 5.10 Å². The van der Waals surface area contributed by atoms with Crippen LogP contribution in [0.25, 0.3) is 0 Å². The molecule has 5 nitrogen and oxygen atoms in total. The summed E-state index contributed by atoms with van der Waals surface area (Å²) in [6.07, 6.45) is 6.50. The van der Waals surface area contributed by atoms with Crippen molar-refractivity contribution in [1.82, 2.24) is 9.78 Å². The third-order valence-corrected chi connectivity index (χ3v) is 2.49. The van der Waals surface area contributed by atoms with Gasteiger partial charge in [0.15, 0.2) is 0 Å². The first kappa shape index (κ1) is 13.6. The molecule has 0 saturated heterocycles. The van der Waals surface area contributed by atoms with Crippen LogP contribution in [-0.4, -0.2) is 29.5 Å². The maximum atomic E-state index is 11.9. The second-order valence-electron chi connectivity index (χ2n) is 3.46. The van der Waals surface area contributed by atoms with Gasteiger partial charge in [0.1, 0.15) is 12.2 Å². The second-order valence-corrected chi connectivity index (χ2v) is 3.87.